The number of anilines is 1. The molecule has 0 aliphatic carbocycles. The lowest BCUT2D eigenvalue weighted by Crippen LogP contribution is -2.62. The molecule has 0 saturated heterocycles. The number of hydrogen-bond donors (Lipinski definition) is 3. The van der Waals surface area contributed by atoms with Gasteiger partial charge in [0.25, 0.3) is 22.9 Å². The zero-order valence-electron chi connectivity index (χ0n) is 16.1. The number of aromatic amines is 1. The van der Waals surface area contributed by atoms with Crippen LogP contribution in [0.4, 0.5) is 23.4 Å². The number of halogens is 5. The molecule has 4 rings (SSSR count). The molecule has 170 valence electrons. The van der Waals surface area contributed by atoms with Crippen molar-refractivity contribution in [3.63, 3.8) is 0 Å². The van der Waals surface area contributed by atoms with Crippen LogP contribution in [0, 0.1) is 5.82 Å². The number of carbonyl (C=O) groups is 2. The number of benzene rings is 2. The topological polar surface area (TPSA) is 113 Å². The second kappa shape index (κ2) is 7.59. The summed E-state index contributed by atoms with van der Waals surface area (Å²) in [5, 5.41) is 3.59. The standard InChI is InChI=1S/C20H11ClF4N4O4/c21-9-5-7-10(8-6-9)29-14-13(16(31)27-18(29)33)19(17(32)26-14,20(23,24)25)28-15(30)11-3-1-2-4-12(11)22/h1-8H,(H,26,32)(H,28,30)(H,27,31,33)/t19-/m1/s1. The first-order valence-electron chi connectivity index (χ1n) is 9.08. The highest BCUT2D eigenvalue weighted by molar-refractivity contribution is 6.30. The van der Waals surface area contributed by atoms with Crippen LogP contribution in [0.15, 0.2) is 58.1 Å². The predicted molar refractivity (Wildman–Crippen MR) is 108 cm³/mol. The first-order valence-corrected chi connectivity index (χ1v) is 9.46. The summed E-state index contributed by atoms with van der Waals surface area (Å²) in [6.45, 7) is 0. The summed E-state index contributed by atoms with van der Waals surface area (Å²) < 4.78 is 57.7. The Balaban J connectivity index is 1.98. The number of rotatable bonds is 3. The lowest BCUT2D eigenvalue weighted by molar-refractivity contribution is -0.196. The molecule has 1 aromatic heterocycles. The van der Waals surface area contributed by atoms with Gasteiger partial charge in [-0.2, -0.15) is 13.2 Å². The molecule has 0 bridgehead atoms. The molecule has 2 amide bonds. The second-order valence-corrected chi connectivity index (χ2v) is 7.37. The SMILES string of the molecule is O=C(N[C@@]1(C(F)(F)F)C(=O)Nc2c1c(=O)[nH]c(=O)n2-c1ccc(Cl)cc1)c1ccccc1F. The Kier molecular flexibility index (Phi) is 5.12. The Hall–Kier alpha value is -3.93. The molecule has 1 aliphatic heterocycles. The number of nitrogens with zero attached hydrogens (tertiary/aromatic N) is 1. The smallest absolute Gasteiger partial charge is 0.326 e. The van der Waals surface area contributed by atoms with E-state index in [9.17, 15) is 36.7 Å². The highest BCUT2D eigenvalue weighted by Crippen LogP contribution is 2.45. The molecular formula is C20H11ClF4N4O4. The Morgan fingerprint density at radius 2 is 1.67 bits per heavy atom. The van der Waals surface area contributed by atoms with Crippen LogP contribution in [0.25, 0.3) is 5.69 Å². The molecule has 0 spiro atoms. The van der Waals surface area contributed by atoms with E-state index in [0.717, 1.165) is 12.1 Å². The molecule has 3 aromatic rings. The summed E-state index contributed by atoms with van der Waals surface area (Å²) in [6.07, 6.45) is -5.56. The quantitative estimate of drug-likeness (QED) is 0.498. The number of nitrogens with one attached hydrogen (secondary N) is 3. The Morgan fingerprint density at radius 3 is 2.27 bits per heavy atom. The fraction of sp³-hybridized carbons (Fsp3) is 0.100. The molecule has 33 heavy (non-hydrogen) atoms. The summed E-state index contributed by atoms with van der Waals surface area (Å²) in [6, 6.07) is 9.33. The van der Waals surface area contributed by atoms with Gasteiger partial charge in [-0.05, 0) is 36.4 Å². The predicted octanol–water partition coefficient (Wildman–Crippen LogP) is 2.46. The van der Waals surface area contributed by atoms with Gasteiger partial charge in [0.15, 0.2) is 0 Å². The van der Waals surface area contributed by atoms with Gasteiger partial charge in [0.1, 0.15) is 17.2 Å². The minimum atomic E-state index is -5.56. The summed E-state index contributed by atoms with van der Waals surface area (Å²) >= 11 is 5.80. The maximum atomic E-state index is 14.4. The van der Waals surface area contributed by atoms with Crippen molar-refractivity contribution in [1.82, 2.24) is 14.9 Å². The molecule has 13 heteroatoms. The Bertz CT molecular complexity index is 1420. The molecular weight excluding hydrogens is 472 g/mol. The van der Waals surface area contributed by atoms with E-state index < -0.39 is 57.5 Å². The van der Waals surface area contributed by atoms with Crippen LogP contribution in [-0.4, -0.2) is 27.5 Å². The number of alkyl halides is 3. The average molecular weight is 483 g/mol. The van der Waals surface area contributed by atoms with Crippen molar-refractivity contribution in [3.8, 4) is 5.69 Å². The third-order valence-corrected chi connectivity index (χ3v) is 5.24. The second-order valence-electron chi connectivity index (χ2n) is 6.93. The lowest BCUT2D eigenvalue weighted by atomic mass is 9.91. The minimum Gasteiger partial charge on any atom is -0.326 e. The van der Waals surface area contributed by atoms with Crippen molar-refractivity contribution in [3.05, 3.63) is 91.3 Å². The molecule has 1 aliphatic rings. The summed E-state index contributed by atoms with van der Waals surface area (Å²) in [5.41, 5.74) is -8.72. The van der Waals surface area contributed by atoms with Gasteiger partial charge in [0, 0.05) is 5.02 Å². The number of hydrogen-bond acceptors (Lipinski definition) is 4. The average Bonchev–Trinajstić information content (AvgIpc) is 3.02. The molecule has 0 fully saturated rings. The van der Waals surface area contributed by atoms with Crippen LogP contribution in [0.5, 0.6) is 0 Å². The van der Waals surface area contributed by atoms with E-state index in [4.69, 9.17) is 11.6 Å². The van der Waals surface area contributed by atoms with Crippen molar-refractivity contribution >= 4 is 29.2 Å². The van der Waals surface area contributed by atoms with Crippen LogP contribution in [-0.2, 0) is 10.3 Å². The van der Waals surface area contributed by atoms with Crippen molar-refractivity contribution < 1.29 is 27.2 Å². The molecule has 2 aromatic carbocycles. The van der Waals surface area contributed by atoms with E-state index in [-0.39, 0.29) is 10.7 Å². The van der Waals surface area contributed by atoms with E-state index in [2.05, 4.69) is 0 Å². The number of fused-ring (bicyclic) bond motifs is 1. The van der Waals surface area contributed by atoms with Crippen molar-refractivity contribution in [1.29, 1.82) is 0 Å². The summed E-state index contributed by atoms with van der Waals surface area (Å²) in [5.74, 6) is -5.40. The molecule has 1 atom stereocenters. The molecule has 8 nitrogen and oxygen atoms in total. The van der Waals surface area contributed by atoms with Gasteiger partial charge in [-0.25, -0.2) is 13.8 Å². The van der Waals surface area contributed by atoms with Crippen molar-refractivity contribution in [2.75, 3.05) is 5.32 Å². The van der Waals surface area contributed by atoms with Gasteiger partial charge in [0.2, 0.25) is 0 Å². The fourth-order valence-corrected chi connectivity index (χ4v) is 3.62. The van der Waals surface area contributed by atoms with Crippen molar-refractivity contribution in [2.24, 2.45) is 0 Å². The van der Waals surface area contributed by atoms with Gasteiger partial charge in [-0.3, -0.25) is 19.4 Å². The Morgan fingerprint density at radius 1 is 1.03 bits per heavy atom. The summed E-state index contributed by atoms with van der Waals surface area (Å²) in [7, 11) is 0. The lowest BCUT2D eigenvalue weighted by Gasteiger charge is -2.30. The number of H-pyrrole nitrogens is 1. The summed E-state index contributed by atoms with van der Waals surface area (Å²) in [4.78, 5) is 52.0. The van der Waals surface area contributed by atoms with Crippen LogP contribution in [0.2, 0.25) is 5.02 Å². The van der Waals surface area contributed by atoms with Gasteiger partial charge in [-0.1, -0.05) is 23.7 Å². The molecule has 0 saturated carbocycles. The fourth-order valence-electron chi connectivity index (χ4n) is 3.50. The minimum absolute atomic E-state index is 0.0318. The zero-order valence-corrected chi connectivity index (χ0v) is 16.8. The van der Waals surface area contributed by atoms with Crippen LogP contribution in [0.1, 0.15) is 15.9 Å². The number of amides is 2. The zero-order chi connectivity index (χ0) is 24.1. The first kappa shape index (κ1) is 22.3. The third kappa shape index (κ3) is 3.39. The third-order valence-electron chi connectivity index (χ3n) is 4.99. The number of aromatic nitrogens is 2. The van der Waals surface area contributed by atoms with E-state index in [1.807, 2.05) is 5.32 Å². The van der Waals surface area contributed by atoms with E-state index in [1.165, 1.54) is 41.7 Å². The normalized spacial score (nSPS) is 17.4. The number of carbonyl (C=O) groups excluding carboxylic acids is 2. The van der Waals surface area contributed by atoms with Gasteiger partial charge < -0.3 is 10.6 Å². The first-order chi connectivity index (χ1) is 15.5. The van der Waals surface area contributed by atoms with Gasteiger partial charge >= 0.3 is 11.9 Å². The van der Waals surface area contributed by atoms with E-state index in [1.54, 1.807) is 4.98 Å². The highest BCUT2D eigenvalue weighted by atomic mass is 35.5. The molecule has 3 N–H and O–H groups in total. The largest absolute Gasteiger partial charge is 0.425 e. The van der Waals surface area contributed by atoms with E-state index >= 15 is 0 Å². The van der Waals surface area contributed by atoms with Crippen molar-refractivity contribution in [2.45, 2.75) is 11.7 Å². The van der Waals surface area contributed by atoms with Crippen LogP contribution >= 0.6 is 11.6 Å². The van der Waals surface area contributed by atoms with Gasteiger partial charge in [0.05, 0.1) is 11.3 Å². The van der Waals surface area contributed by atoms with E-state index in [0.29, 0.717) is 4.57 Å². The highest BCUT2D eigenvalue weighted by Gasteiger charge is 2.68. The Labute approximate surface area is 185 Å². The molecule has 0 radical (unpaired) electrons. The molecule has 0 unspecified atom stereocenters. The van der Waals surface area contributed by atoms with Crippen LogP contribution in [0.3, 0.4) is 0 Å². The van der Waals surface area contributed by atoms with Crippen LogP contribution < -0.4 is 21.9 Å². The molecule has 2 heterocycles. The van der Waals surface area contributed by atoms with Gasteiger partial charge in [-0.15, -0.1) is 0 Å². The maximum Gasteiger partial charge on any atom is 0.425 e. The monoisotopic (exact) mass is 482 g/mol. The maximum absolute atomic E-state index is 14.4.